The van der Waals surface area contributed by atoms with Gasteiger partial charge < -0.3 is 9.84 Å². The van der Waals surface area contributed by atoms with E-state index in [0.29, 0.717) is 5.92 Å². The fourth-order valence-electron chi connectivity index (χ4n) is 1.94. The number of fused-ring (bicyclic) bond motifs is 1. The van der Waals surface area contributed by atoms with E-state index in [1.807, 2.05) is 6.07 Å². The van der Waals surface area contributed by atoms with Gasteiger partial charge in [-0.1, -0.05) is 13.0 Å². The maximum absolute atomic E-state index is 9.34. The van der Waals surface area contributed by atoms with Crippen LogP contribution in [0.4, 0.5) is 0 Å². The molecule has 1 unspecified atom stereocenters. The number of hydrogen-bond donors (Lipinski definition) is 1. The van der Waals surface area contributed by atoms with Crippen molar-refractivity contribution < 1.29 is 9.84 Å². The predicted octanol–water partition coefficient (Wildman–Crippen LogP) is 2.74. The highest BCUT2D eigenvalue weighted by atomic mass is 16.5. The maximum Gasteiger partial charge on any atom is 0.126 e. The van der Waals surface area contributed by atoms with Crippen molar-refractivity contribution in [1.29, 1.82) is 0 Å². The minimum absolute atomic E-state index is 0.289. The Balaban J connectivity index is 2.29. The molecule has 1 atom stereocenters. The second-order valence-electron chi connectivity index (χ2n) is 4.09. The molecule has 2 heteroatoms. The van der Waals surface area contributed by atoms with Crippen LogP contribution < -0.4 is 4.74 Å². The van der Waals surface area contributed by atoms with E-state index >= 15 is 0 Å². The molecule has 14 heavy (non-hydrogen) atoms. The van der Waals surface area contributed by atoms with Gasteiger partial charge in [-0.2, -0.15) is 0 Å². The number of rotatable bonds is 0. The van der Waals surface area contributed by atoms with Gasteiger partial charge >= 0.3 is 0 Å². The third kappa shape index (κ3) is 2.00. The average molecular weight is 192 g/mol. The second kappa shape index (κ2) is 3.91. The highest BCUT2D eigenvalue weighted by Crippen LogP contribution is 2.29. The zero-order valence-electron chi connectivity index (χ0n) is 8.49. The van der Waals surface area contributed by atoms with E-state index in [0.717, 1.165) is 25.2 Å². The van der Waals surface area contributed by atoms with Gasteiger partial charge in [-0.15, -0.1) is 0 Å². The molecule has 0 bridgehead atoms. The summed E-state index contributed by atoms with van der Waals surface area (Å²) in [7, 11) is 0. The molecular formula is C12H16O2. The van der Waals surface area contributed by atoms with Crippen LogP contribution in [0.15, 0.2) is 18.2 Å². The predicted molar refractivity (Wildman–Crippen MR) is 55.7 cm³/mol. The Kier molecular flexibility index (Phi) is 2.62. The van der Waals surface area contributed by atoms with Gasteiger partial charge in [0.2, 0.25) is 0 Å². The molecule has 1 heterocycles. The van der Waals surface area contributed by atoms with E-state index in [1.54, 1.807) is 12.1 Å². The Bertz CT molecular complexity index is 320. The van der Waals surface area contributed by atoms with Crippen molar-refractivity contribution in [2.75, 3.05) is 6.61 Å². The summed E-state index contributed by atoms with van der Waals surface area (Å²) < 4.78 is 5.60. The number of phenols is 1. The van der Waals surface area contributed by atoms with Crippen LogP contribution in [0, 0.1) is 5.92 Å². The van der Waals surface area contributed by atoms with Gasteiger partial charge in [0.15, 0.2) is 0 Å². The molecule has 0 amide bonds. The van der Waals surface area contributed by atoms with Crippen LogP contribution in [-0.4, -0.2) is 11.7 Å². The number of benzene rings is 1. The Morgan fingerprint density at radius 3 is 3.14 bits per heavy atom. The molecule has 0 saturated carbocycles. The number of phenolic OH excluding ortho intramolecular Hbond substituents is 1. The molecule has 1 aliphatic heterocycles. The lowest BCUT2D eigenvalue weighted by atomic mass is 9.95. The van der Waals surface area contributed by atoms with Gasteiger partial charge in [-0.05, 0) is 36.8 Å². The molecule has 0 aliphatic carbocycles. The lowest BCUT2D eigenvalue weighted by molar-refractivity contribution is 0.277. The highest BCUT2D eigenvalue weighted by Gasteiger charge is 2.12. The van der Waals surface area contributed by atoms with E-state index in [1.165, 1.54) is 12.0 Å². The number of aromatic hydroxyl groups is 1. The molecule has 0 fully saturated rings. The third-order valence-corrected chi connectivity index (χ3v) is 2.72. The third-order valence-electron chi connectivity index (χ3n) is 2.72. The van der Waals surface area contributed by atoms with Crippen LogP contribution in [0.25, 0.3) is 0 Å². The second-order valence-corrected chi connectivity index (χ2v) is 4.09. The van der Waals surface area contributed by atoms with Crippen LogP contribution in [-0.2, 0) is 6.42 Å². The first-order valence-corrected chi connectivity index (χ1v) is 5.20. The first-order chi connectivity index (χ1) is 6.75. The molecule has 0 aromatic heterocycles. The van der Waals surface area contributed by atoms with Gasteiger partial charge in [-0.3, -0.25) is 0 Å². The molecule has 0 spiro atoms. The van der Waals surface area contributed by atoms with Gasteiger partial charge in [-0.25, -0.2) is 0 Å². The largest absolute Gasteiger partial charge is 0.508 e. The summed E-state index contributed by atoms with van der Waals surface area (Å²) >= 11 is 0. The zero-order chi connectivity index (χ0) is 9.97. The van der Waals surface area contributed by atoms with E-state index in [4.69, 9.17) is 4.74 Å². The lowest BCUT2D eigenvalue weighted by Gasteiger charge is -2.19. The summed E-state index contributed by atoms with van der Waals surface area (Å²) in [6, 6.07) is 5.41. The van der Waals surface area contributed by atoms with E-state index in [2.05, 4.69) is 6.92 Å². The van der Waals surface area contributed by atoms with Crippen LogP contribution >= 0.6 is 0 Å². The maximum atomic E-state index is 9.34. The van der Waals surface area contributed by atoms with Crippen LogP contribution in [0.5, 0.6) is 11.5 Å². The molecule has 2 rings (SSSR count). The van der Waals surface area contributed by atoms with E-state index in [9.17, 15) is 5.11 Å². The van der Waals surface area contributed by atoms with Crippen molar-refractivity contribution in [3.8, 4) is 11.5 Å². The molecule has 1 N–H and O–H groups in total. The summed E-state index contributed by atoms with van der Waals surface area (Å²) in [6.45, 7) is 3.03. The molecule has 76 valence electrons. The molecule has 1 aliphatic rings. The molecular weight excluding hydrogens is 176 g/mol. The fourth-order valence-corrected chi connectivity index (χ4v) is 1.94. The van der Waals surface area contributed by atoms with Crippen molar-refractivity contribution in [2.24, 2.45) is 5.92 Å². The average Bonchev–Trinajstić information content (AvgIpc) is 2.13. The smallest absolute Gasteiger partial charge is 0.126 e. The normalized spacial score (nSPS) is 21.6. The first-order valence-electron chi connectivity index (χ1n) is 5.20. The van der Waals surface area contributed by atoms with Crippen LogP contribution in [0.2, 0.25) is 0 Å². The monoisotopic (exact) mass is 192 g/mol. The minimum Gasteiger partial charge on any atom is -0.508 e. The van der Waals surface area contributed by atoms with E-state index in [-0.39, 0.29) is 5.75 Å². The first kappa shape index (κ1) is 9.38. The molecule has 1 aromatic rings. The summed E-state index contributed by atoms with van der Waals surface area (Å²) in [6.07, 6.45) is 3.38. The molecule has 2 nitrogen and oxygen atoms in total. The summed E-state index contributed by atoms with van der Waals surface area (Å²) in [5, 5.41) is 9.34. The summed E-state index contributed by atoms with van der Waals surface area (Å²) in [4.78, 5) is 0. The summed E-state index contributed by atoms with van der Waals surface area (Å²) in [5.74, 6) is 1.86. The van der Waals surface area contributed by atoms with Gasteiger partial charge in [0.1, 0.15) is 11.5 Å². The number of hydrogen-bond acceptors (Lipinski definition) is 2. The highest BCUT2D eigenvalue weighted by molar-refractivity contribution is 5.40. The quantitative estimate of drug-likeness (QED) is 0.685. The standard InChI is InChI=1S/C12H16O2/c1-9-3-2-6-14-12-8-11(13)5-4-10(12)7-9/h4-5,8-9,13H,2-3,6-7H2,1H3. The van der Waals surface area contributed by atoms with Gasteiger partial charge in [0, 0.05) is 6.07 Å². The molecule has 0 radical (unpaired) electrons. The fraction of sp³-hybridized carbons (Fsp3) is 0.500. The van der Waals surface area contributed by atoms with Crippen molar-refractivity contribution in [3.05, 3.63) is 23.8 Å². The van der Waals surface area contributed by atoms with E-state index < -0.39 is 0 Å². The molecule has 1 aromatic carbocycles. The Hall–Kier alpha value is -1.18. The van der Waals surface area contributed by atoms with Crippen LogP contribution in [0.1, 0.15) is 25.3 Å². The van der Waals surface area contributed by atoms with Crippen molar-refractivity contribution >= 4 is 0 Å². The van der Waals surface area contributed by atoms with Crippen molar-refractivity contribution in [3.63, 3.8) is 0 Å². The zero-order valence-corrected chi connectivity index (χ0v) is 8.49. The molecule has 0 saturated heterocycles. The van der Waals surface area contributed by atoms with Crippen LogP contribution in [0.3, 0.4) is 0 Å². The van der Waals surface area contributed by atoms with Crippen molar-refractivity contribution in [2.45, 2.75) is 26.2 Å². The summed E-state index contributed by atoms with van der Waals surface area (Å²) in [5.41, 5.74) is 1.22. The Labute approximate surface area is 84.5 Å². The minimum atomic E-state index is 0.289. The SMILES string of the molecule is CC1CCCOc2cc(O)ccc2C1. The Morgan fingerprint density at radius 2 is 2.29 bits per heavy atom. The van der Waals surface area contributed by atoms with Gasteiger partial charge in [0.05, 0.1) is 6.61 Å². The van der Waals surface area contributed by atoms with Gasteiger partial charge in [0.25, 0.3) is 0 Å². The number of ether oxygens (including phenoxy) is 1. The topological polar surface area (TPSA) is 29.5 Å². The lowest BCUT2D eigenvalue weighted by Crippen LogP contribution is -2.10. The Morgan fingerprint density at radius 1 is 1.43 bits per heavy atom. The van der Waals surface area contributed by atoms with Crippen molar-refractivity contribution in [1.82, 2.24) is 0 Å².